The van der Waals surface area contributed by atoms with Crippen LogP contribution in [0.5, 0.6) is 0 Å². The average Bonchev–Trinajstić information content (AvgIpc) is 3.25. The van der Waals surface area contributed by atoms with E-state index in [1.54, 1.807) is 18.4 Å². The van der Waals surface area contributed by atoms with Gasteiger partial charge < -0.3 is 15.5 Å². The van der Waals surface area contributed by atoms with Gasteiger partial charge in [0.25, 0.3) is 5.91 Å². The molecule has 156 valence electrons. The maximum atomic E-state index is 12.7. The van der Waals surface area contributed by atoms with Crippen LogP contribution in [0.4, 0.5) is 5.69 Å². The minimum Gasteiger partial charge on any atom is -0.332 e. The summed E-state index contributed by atoms with van der Waals surface area (Å²) in [6, 6.07) is 20.2. The van der Waals surface area contributed by atoms with Gasteiger partial charge in [-0.25, -0.2) is 0 Å². The van der Waals surface area contributed by atoms with Gasteiger partial charge in [0.1, 0.15) is 6.04 Å². The average molecular weight is 423 g/mol. The molecule has 0 aliphatic heterocycles. The van der Waals surface area contributed by atoms with Crippen molar-refractivity contribution in [1.82, 2.24) is 4.90 Å². The quantitative estimate of drug-likeness (QED) is 0.586. The minimum absolute atomic E-state index is 0.0226. The van der Waals surface area contributed by atoms with Gasteiger partial charge in [0.2, 0.25) is 5.91 Å². The maximum Gasteiger partial charge on any atom is 0.277 e. The number of aryl methyl sites for hydroxylation is 2. The zero-order chi connectivity index (χ0) is 21.5. The molecule has 0 unspecified atom stereocenters. The second-order valence-electron chi connectivity index (χ2n) is 7.51. The number of carbonyl (C=O) groups is 2. The third-order valence-corrected chi connectivity index (χ3v) is 5.91. The number of hydrogen-bond donors (Lipinski definition) is 2. The Hall–Kier alpha value is -2.96. The van der Waals surface area contributed by atoms with Crippen molar-refractivity contribution in [2.24, 2.45) is 0 Å². The number of hydrogen-bond acceptors (Lipinski definition) is 3. The lowest BCUT2D eigenvalue weighted by atomic mass is 10.0. The highest BCUT2D eigenvalue weighted by molar-refractivity contribution is 7.10. The molecule has 3 N–H and O–H groups in total. The summed E-state index contributed by atoms with van der Waals surface area (Å²) in [6.45, 7) is 4.35. The van der Waals surface area contributed by atoms with E-state index in [0.29, 0.717) is 0 Å². The maximum absolute atomic E-state index is 12.7. The molecule has 0 saturated carbocycles. The third kappa shape index (κ3) is 6.02. The first kappa shape index (κ1) is 21.7. The second kappa shape index (κ2) is 10.2. The van der Waals surface area contributed by atoms with E-state index >= 15 is 0 Å². The van der Waals surface area contributed by atoms with Crippen LogP contribution < -0.4 is 10.6 Å². The Bertz CT molecular complexity index is 967. The first-order chi connectivity index (χ1) is 14.4. The van der Waals surface area contributed by atoms with Crippen molar-refractivity contribution in [3.8, 4) is 0 Å². The fraction of sp³-hybridized carbons (Fsp3) is 0.250. The Kier molecular flexibility index (Phi) is 7.38. The molecule has 6 heteroatoms. The van der Waals surface area contributed by atoms with Crippen molar-refractivity contribution < 1.29 is 14.9 Å². The number of likely N-dealkylation sites (N-methyl/N-ethyl adjacent to an activating group) is 1. The molecule has 2 amide bonds. The first-order valence-electron chi connectivity index (χ1n) is 9.96. The molecular formula is C24H28N3O2S+. The lowest BCUT2D eigenvalue weighted by Gasteiger charge is -2.19. The van der Waals surface area contributed by atoms with E-state index in [1.165, 1.54) is 15.3 Å². The number of carbonyl (C=O) groups excluding carboxylic acids is 2. The van der Waals surface area contributed by atoms with Crippen LogP contribution in [0.25, 0.3) is 0 Å². The lowest BCUT2D eigenvalue weighted by Crippen LogP contribution is -2.87. The molecule has 5 nitrogen and oxygen atoms in total. The third-order valence-electron chi connectivity index (χ3n) is 4.96. The fourth-order valence-electron chi connectivity index (χ4n) is 3.17. The summed E-state index contributed by atoms with van der Waals surface area (Å²) in [5.41, 5.74) is 4.23. The van der Waals surface area contributed by atoms with Crippen molar-refractivity contribution >= 4 is 28.8 Å². The molecule has 30 heavy (non-hydrogen) atoms. The van der Waals surface area contributed by atoms with Gasteiger partial charge in [-0.1, -0.05) is 53.6 Å². The van der Waals surface area contributed by atoms with E-state index in [2.05, 4.69) is 42.6 Å². The first-order valence-corrected chi connectivity index (χ1v) is 10.8. The van der Waals surface area contributed by atoms with Crippen LogP contribution in [0.1, 0.15) is 27.6 Å². The van der Waals surface area contributed by atoms with Gasteiger partial charge in [-0.15, -0.1) is 11.3 Å². The molecule has 0 saturated heterocycles. The van der Waals surface area contributed by atoms with Crippen LogP contribution in [0.2, 0.25) is 0 Å². The molecule has 1 aromatic heterocycles. The molecular weight excluding hydrogens is 394 g/mol. The van der Waals surface area contributed by atoms with Gasteiger partial charge in [0, 0.05) is 18.3 Å². The molecule has 1 atom stereocenters. The monoisotopic (exact) mass is 422 g/mol. The van der Waals surface area contributed by atoms with Gasteiger partial charge in [-0.05, 0) is 37.4 Å². The largest absolute Gasteiger partial charge is 0.332 e. The summed E-state index contributed by atoms with van der Waals surface area (Å²) in [7, 11) is 1.66. The van der Waals surface area contributed by atoms with Crippen molar-refractivity contribution in [1.29, 1.82) is 0 Å². The number of nitrogens with one attached hydrogen (secondary N) is 1. The van der Waals surface area contributed by atoms with Crippen LogP contribution in [-0.4, -0.2) is 36.9 Å². The second-order valence-corrected chi connectivity index (χ2v) is 8.49. The highest BCUT2D eigenvalue weighted by atomic mass is 32.1. The molecule has 1 heterocycles. The van der Waals surface area contributed by atoms with Gasteiger partial charge in [0.15, 0.2) is 6.54 Å². The van der Waals surface area contributed by atoms with Crippen LogP contribution in [0.15, 0.2) is 66.0 Å². The molecule has 0 aliphatic rings. The summed E-state index contributed by atoms with van der Waals surface area (Å²) in [6.07, 6.45) is 0. The van der Waals surface area contributed by atoms with E-state index < -0.39 is 0 Å². The van der Waals surface area contributed by atoms with Crippen LogP contribution in [0, 0.1) is 13.8 Å². The number of thiophene rings is 1. The van der Waals surface area contributed by atoms with Crippen molar-refractivity contribution in [3.05, 3.63) is 87.6 Å². The predicted molar refractivity (Wildman–Crippen MR) is 122 cm³/mol. The van der Waals surface area contributed by atoms with E-state index in [9.17, 15) is 9.59 Å². The minimum atomic E-state index is -0.206. The summed E-state index contributed by atoms with van der Waals surface area (Å²) < 4.78 is 0. The number of benzene rings is 2. The Morgan fingerprint density at radius 1 is 1.00 bits per heavy atom. The molecule has 0 fully saturated rings. The van der Waals surface area contributed by atoms with E-state index in [1.807, 2.05) is 48.0 Å². The Balaban J connectivity index is 1.57. The molecule has 0 spiro atoms. The summed E-state index contributed by atoms with van der Waals surface area (Å²) >= 11 is 1.68. The molecule has 0 radical (unpaired) electrons. The van der Waals surface area contributed by atoms with Crippen molar-refractivity contribution in [2.75, 3.05) is 25.5 Å². The number of nitrogens with two attached hydrogens (primary N) is 1. The zero-order valence-corrected chi connectivity index (χ0v) is 18.4. The number of nitrogens with zero attached hydrogens (tertiary/aromatic N) is 1. The predicted octanol–water partition coefficient (Wildman–Crippen LogP) is 3.11. The molecule has 2 aromatic carbocycles. The molecule has 0 bridgehead atoms. The van der Waals surface area contributed by atoms with Crippen molar-refractivity contribution in [3.63, 3.8) is 0 Å². The topological polar surface area (TPSA) is 66.0 Å². The molecule has 3 aromatic rings. The molecule has 0 aliphatic carbocycles. The summed E-state index contributed by atoms with van der Waals surface area (Å²) in [5.74, 6) is -0.286. The summed E-state index contributed by atoms with van der Waals surface area (Å²) in [5, 5.41) is 6.92. The highest BCUT2D eigenvalue weighted by Gasteiger charge is 2.22. The Morgan fingerprint density at radius 2 is 1.63 bits per heavy atom. The lowest BCUT2D eigenvalue weighted by molar-refractivity contribution is -0.676. The zero-order valence-electron chi connectivity index (χ0n) is 17.6. The highest BCUT2D eigenvalue weighted by Crippen LogP contribution is 2.23. The van der Waals surface area contributed by atoms with Gasteiger partial charge in [-0.2, -0.15) is 0 Å². The number of amides is 2. The standard InChI is InChI=1S/C24H27N3O2S/c1-17-6-10-19(11-7-17)24(21-5-4-14-30-21)25-15-23(29)27(3)16-22(28)26-20-12-8-18(2)9-13-20/h4-14,24-25H,15-16H2,1-3H3,(H,26,28)/p+1/t24-/m1/s1. The van der Waals surface area contributed by atoms with E-state index in [4.69, 9.17) is 0 Å². The van der Waals surface area contributed by atoms with Crippen LogP contribution in [0.3, 0.4) is 0 Å². The SMILES string of the molecule is Cc1ccc(NC(=O)CN(C)C(=O)C[NH2+][C@H](c2ccc(C)cc2)c2cccs2)cc1. The van der Waals surface area contributed by atoms with E-state index in [0.717, 1.165) is 16.8 Å². The van der Waals surface area contributed by atoms with Crippen LogP contribution >= 0.6 is 11.3 Å². The molecule has 3 rings (SSSR count). The number of anilines is 1. The Morgan fingerprint density at radius 3 is 2.23 bits per heavy atom. The summed E-state index contributed by atoms with van der Waals surface area (Å²) in [4.78, 5) is 27.6. The number of rotatable bonds is 8. The fourth-order valence-corrected chi connectivity index (χ4v) is 4.02. The number of quaternary nitrogens is 1. The van der Waals surface area contributed by atoms with Gasteiger partial charge >= 0.3 is 0 Å². The van der Waals surface area contributed by atoms with E-state index in [-0.39, 0.29) is 30.9 Å². The normalized spacial score (nSPS) is 11.7. The van der Waals surface area contributed by atoms with Gasteiger partial charge in [0.05, 0.1) is 11.4 Å². The van der Waals surface area contributed by atoms with Crippen molar-refractivity contribution in [2.45, 2.75) is 19.9 Å². The van der Waals surface area contributed by atoms with Crippen LogP contribution in [-0.2, 0) is 9.59 Å². The van der Waals surface area contributed by atoms with Gasteiger partial charge in [-0.3, -0.25) is 9.59 Å². The Labute approximate surface area is 181 Å². The smallest absolute Gasteiger partial charge is 0.277 e.